The molecule has 0 saturated heterocycles. The average Bonchev–Trinajstić information content (AvgIpc) is 2.91. The fourth-order valence-electron chi connectivity index (χ4n) is 2.63. The molecular weight excluding hydrogens is 282 g/mol. The van der Waals surface area contributed by atoms with E-state index in [-0.39, 0.29) is 0 Å². The van der Waals surface area contributed by atoms with Gasteiger partial charge in [0, 0.05) is 10.5 Å². The van der Waals surface area contributed by atoms with E-state index >= 15 is 0 Å². The Morgan fingerprint density at radius 3 is 2.90 bits per heavy atom. The molecular formula is C17H13NS2. The lowest BCUT2D eigenvalue weighted by atomic mass is 10.1. The third-order valence-electron chi connectivity index (χ3n) is 3.68. The van der Waals surface area contributed by atoms with Gasteiger partial charge in [0.25, 0.3) is 0 Å². The van der Waals surface area contributed by atoms with E-state index in [4.69, 9.17) is 17.6 Å². The maximum Gasteiger partial charge on any atom is 0.125 e. The summed E-state index contributed by atoms with van der Waals surface area (Å²) in [5, 5.41) is 3.50. The summed E-state index contributed by atoms with van der Waals surface area (Å²) in [6.07, 6.45) is 6.57. The molecule has 0 spiro atoms. The number of aryl methyl sites for hydroxylation is 1. The van der Waals surface area contributed by atoms with Crippen LogP contribution in [-0.2, 0) is 6.42 Å². The Bertz CT molecular complexity index is 830. The van der Waals surface area contributed by atoms with Gasteiger partial charge in [0.15, 0.2) is 0 Å². The Hall–Kier alpha value is -1.58. The third kappa shape index (κ3) is 1.89. The highest BCUT2D eigenvalue weighted by Gasteiger charge is 2.15. The zero-order chi connectivity index (χ0) is 13.5. The molecule has 0 unspecified atom stereocenters. The van der Waals surface area contributed by atoms with Crippen molar-refractivity contribution in [1.29, 1.82) is 0 Å². The molecule has 1 heterocycles. The Kier molecular flexibility index (Phi) is 2.90. The number of thiazole rings is 1. The maximum absolute atomic E-state index is 4.81. The highest BCUT2D eigenvalue weighted by Crippen LogP contribution is 2.37. The number of nitrogens with zero attached hydrogens (tertiary/aromatic N) is 1. The largest absolute Gasteiger partial charge is 0.240 e. The van der Waals surface area contributed by atoms with Crippen LogP contribution in [0.15, 0.2) is 47.4 Å². The molecule has 1 aliphatic rings. The van der Waals surface area contributed by atoms with Crippen LogP contribution in [0.4, 0.5) is 0 Å². The van der Waals surface area contributed by atoms with Gasteiger partial charge < -0.3 is 0 Å². The first kappa shape index (κ1) is 12.2. The number of fused-ring (bicyclic) bond motifs is 2. The van der Waals surface area contributed by atoms with E-state index in [1.54, 1.807) is 11.3 Å². The quantitative estimate of drug-likeness (QED) is 0.608. The lowest BCUT2D eigenvalue weighted by Crippen LogP contribution is -1.90. The third-order valence-corrected chi connectivity index (χ3v) is 5.25. The smallest absolute Gasteiger partial charge is 0.125 e. The Labute approximate surface area is 127 Å². The molecule has 20 heavy (non-hydrogen) atoms. The molecule has 0 fully saturated rings. The van der Waals surface area contributed by atoms with E-state index < -0.39 is 0 Å². The fraction of sp³-hybridized carbons (Fsp3) is 0.118. The van der Waals surface area contributed by atoms with E-state index in [0.717, 1.165) is 28.3 Å². The van der Waals surface area contributed by atoms with E-state index in [1.807, 2.05) is 0 Å². The minimum atomic E-state index is 1.03. The molecule has 1 nitrogen and oxygen atoms in total. The summed E-state index contributed by atoms with van der Waals surface area (Å²) >= 11 is 6.51. The minimum absolute atomic E-state index is 1.03. The number of rotatable bonds is 1. The van der Waals surface area contributed by atoms with Crippen LogP contribution in [0.5, 0.6) is 0 Å². The van der Waals surface area contributed by atoms with Gasteiger partial charge in [-0.3, -0.25) is 0 Å². The zero-order valence-electron chi connectivity index (χ0n) is 10.8. The monoisotopic (exact) mass is 295 g/mol. The Balaban J connectivity index is 1.92. The predicted molar refractivity (Wildman–Crippen MR) is 89.7 cm³/mol. The molecule has 0 atom stereocenters. The maximum atomic E-state index is 4.81. The van der Waals surface area contributed by atoms with Gasteiger partial charge in [-0.15, -0.1) is 24.0 Å². The van der Waals surface area contributed by atoms with Gasteiger partial charge in [-0.2, -0.15) is 0 Å². The van der Waals surface area contributed by atoms with E-state index in [2.05, 4.69) is 48.6 Å². The molecule has 0 amide bonds. The average molecular weight is 295 g/mol. The first-order valence-electron chi connectivity index (χ1n) is 6.70. The van der Waals surface area contributed by atoms with Gasteiger partial charge in [0.1, 0.15) is 5.01 Å². The lowest BCUT2D eigenvalue weighted by Gasteiger charge is -2.06. The summed E-state index contributed by atoms with van der Waals surface area (Å²) in [4.78, 5) is 7.13. The summed E-state index contributed by atoms with van der Waals surface area (Å²) in [6.45, 7) is 0. The second-order valence-electron chi connectivity index (χ2n) is 4.95. The predicted octanol–water partition coefficient (Wildman–Crippen LogP) is 5.21. The second-order valence-corrected chi connectivity index (χ2v) is 6.43. The summed E-state index contributed by atoms with van der Waals surface area (Å²) < 4.78 is 0. The molecule has 3 heteroatoms. The van der Waals surface area contributed by atoms with E-state index in [9.17, 15) is 0 Å². The van der Waals surface area contributed by atoms with Crippen molar-refractivity contribution in [3.05, 3.63) is 53.0 Å². The van der Waals surface area contributed by atoms with Gasteiger partial charge in [0.05, 0.1) is 10.6 Å². The number of thiol groups is 1. The minimum Gasteiger partial charge on any atom is -0.240 e. The van der Waals surface area contributed by atoms with Crippen molar-refractivity contribution in [2.75, 3.05) is 0 Å². The molecule has 98 valence electrons. The van der Waals surface area contributed by atoms with Crippen LogP contribution in [0.2, 0.25) is 0 Å². The normalized spacial score (nSPS) is 13.7. The van der Waals surface area contributed by atoms with Crippen molar-refractivity contribution in [1.82, 2.24) is 4.98 Å². The molecule has 0 N–H and O–H groups in total. The number of hydrogen-bond donors (Lipinski definition) is 1. The van der Waals surface area contributed by atoms with Crippen molar-refractivity contribution >= 4 is 40.8 Å². The van der Waals surface area contributed by atoms with Crippen molar-refractivity contribution in [3.8, 4) is 10.6 Å². The molecule has 0 bridgehead atoms. The zero-order valence-corrected chi connectivity index (χ0v) is 12.5. The summed E-state index contributed by atoms with van der Waals surface area (Å²) in [6, 6.07) is 12.6. The van der Waals surface area contributed by atoms with E-state index in [0.29, 0.717) is 0 Å². The fourth-order valence-corrected chi connectivity index (χ4v) is 4.16. The molecule has 1 aliphatic carbocycles. The first-order chi connectivity index (χ1) is 9.83. The lowest BCUT2D eigenvalue weighted by molar-refractivity contribution is 0.947. The van der Waals surface area contributed by atoms with Gasteiger partial charge in [-0.1, -0.05) is 42.5 Å². The summed E-state index contributed by atoms with van der Waals surface area (Å²) in [5.41, 5.74) is 2.37. The highest BCUT2D eigenvalue weighted by molar-refractivity contribution is 7.80. The van der Waals surface area contributed by atoms with Crippen LogP contribution >= 0.6 is 24.0 Å². The molecule has 0 aliphatic heterocycles. The van der Waals surface area contributed by atoms with Crippen LogP contribution in [0.25, 0.3) is 27.4 Å². The number of allylic oxidation sites excluding steroid dienone is 1. The van der Waals surface area contributed by atoms with Crippen molar-refractivity contribution in [2.45, 2.75) is 17.7 Å². The Morgan fingerprint density at radius 2 is 2.00 bits per heavy atom. The molecule has 2 aromatic carbocycles. The highest BCUT2D eigenvalue weighted by atomic mass is 32.1. The van der Waals surface area contributed by atoms with Crippen molar-refractivity contribution < 1.29 is 0 Å². The number of benzene rings is 2. The van der Waals surface area contributed by atoms with Crippen LogP contribution in [0, 0.1) is 0 Å². The molecule has 4 rings (SSSR count). The van der Waals surface area contributed by atoms with Gasteiger partial charge in [-0.25, -0.2) is 4.98 Å². The first-order valence-corrected chi connectivity index (χ1v) is 7.96. The van der Waals surface area contributed by atoms with Crippen LogP contribution in [0.1, 0.15) is 17.0 Å². The van der Waals surface area contributed by atoms with Crippen LogP contribution < -0.4 is 0 Å². The molecule has 3 aromatic rings. The number of hydrogen-bond acceptors (Lipinski definition) is 3. The van der Waals surface area contributed by atoms with Crippen LogP contribution in [-0.4, -0.2) is 4.98 Å². The van der Waals surface area contributed by atoms with Crippen molar-refractivity contribution in [2.24, 2.45) is 0 Å². The van der Waals surface area contributed by atoms with Gasteiger partial charge in [-0.05, 0) is 29.7 Å². The second kappa shape index (κ2) is 4.76. The van der Waals surface area contributed by atoms with Crippen molar-refractivity contribution in [3.63, 3.8) is 0 Å². The topological polar surface area (TPSA) is 12.9 Å². The van der Waals surface area contributed by atoms with Crippen LogP contribution in [0.3, 0.4) is 0 Å². The standard InChI is InChI=1S/C17H13NS2/c19-16-12-6-2-1-5-11(12)9-10-13(16)17-18-14-7-3-4-8-15(14)20-17/h1-2,4-6,8-10,19H,3,7H2. The summed E-state index contributed by atoms with van der Waals surface area (Å²) in [7, 11) is 0. The molecule has 1 aromatic heterocycles. The van der Waals surface area contributed by atoms with Gasteiger partial charge in [0.2, 0.25) is 0 Å². The number of aromatic nitrogens is 1. The van der Waals surface area contributed by atoms with Gasteiger partial charge >= 0.3 is 0 Å². The summed E-state index contributed by atoms with van der Waals surface area (Å²) in [5.74, 6) is 0. The Morgan fingerprint density at radius 1 is 1.10 bits per heavy atom. The molecule has 0 radical (unpaired) electrons. The molecule has 0 saturated carbocycles. The SMILES string of the molecule is Sc1c(-c2nc3c(s2)C=CCC3)ccc2ccccc12. The van der Waals surface area contributed by atoms with E-state index in [1.165, 1.54) is 21.3 Å².